The van der Waals surface area contributed by atoms with Gasteiger partial charge in [0.2, 0.25) is 0 Å². The van der Waals surface area contributed by atoms with Crippen LogP contribution >= 0.6 is 0 Å². The first kappa shape index (κ1) is 9.95. The third-order valence-electron chi connectivity index (χ3n) is 3.52. The van der Waals surface area contributed by atoms with E-state index in [2.05, 4.69) is 6.08 Å². The van der Waals surface area contributed by atoms with Crippen LogP contribution in [0.1, 0.15) is 51.4 Å². The van der Waals surface area contributed by atoms with Crippen LogP contribution in [0.2, 0.25) is 0 Å². The van der Waals surface area contributed by atoms with Crippen LogP contribution < -0.4 is 0 Å². The first-order chi connectivity index (χ1) is 6.88. The van der Waals surface area contributed by atoms with Crippen molar-refractivity contribution >= 4 is 5.78 Å². The highest BCUT2D eigenvalue weighted by atomic mass is 16.1. The molecule has 0 unspecified atom stereocenters. The smallest absolute Gasteiger partial charge is 0.158 e. The normalized spacial score (nSPS) is 36.4. The zero-order valence-electron chi connectivity index (χ0n) is 8.87. The summed E-state index contributed by atoms with van der Waals surface area (Å²) >= 11 is 0. The van der Waals surface area contributed by atoms with Crippen LogP contribution in [0.15, 0.2) is 12.2 Å². The zero-order valence-corrected chi connectivity index (χ0v) is 8.87. The molecule has 2 aliphatic rings. The Bertz CT molecular complexity index is 229. The fourth-order valence-corrected chi connectivity index (χ4v) is 2.44. The van der Waals surface area contributed by atoms with Crippen molar-refractivity contribution in [3.63, 3.8) is 0 Å². The molecule has 0 bridgehead atoms. The predicted molar refractivity (Wildman–Crippen MR) is 58.1 cm³/mol. The van der Waals surface area contributed by atoms with Gasteiger partial charge in [0.1, 0.15) is 0 Å². The van der Waals surface area contributed by atoms with Crippen LogP contribution in [0.4, 0.5) is 0 Å². The highest BCUT2D eigenvalue weighted by Crippen LogP contribution is 2.43. The second-order valence-electron chi connectivity index (χ2n) is 4.75. The maximum absolute atomic E-state index is 11.6. The van der Waals surface area contributed by atoms with Crippen molar-refractivity contribution in [1.29, 1.82) is 0 Å². The molecule has 78 valence electrons. The second kappa shape index (κ2) is 4.77. The first-order valence-electron chi connectivity index (χ1n) is 6.08. The lowest BCUT2D eigenvalue weighted by molar-refractivity contribution is -0.116. The van der Waals surface area contributed by atoms with Crippen molar-refractivity contribution in [2.24, 2.45) is 11.8 Å². The van der Waals surface area contributed by atoms with Gasteiger partial charge in [0.15, 0.2) is 5.78 Å². The summed E-state index contributed by atoms with van der Waals surface area (Å²) < 4.78 is 0. The van der Waals surface area contributed by atoms with E-state index in [0.29, 0.717) is 11.7 Å². The number of hydrogen-bond donors (Lipinski definition) is 0. The van der Waals surface area contributed by atoms with Gasteiger partial charge in [0.25, 0.3) is 0 Å². The molecular weight excluding hydrogens is 172 g/mol. The second-order valence-corrected chi connectivity index (χ2v) is 4.75. The maximum Gasteiger partial charge on any atom is 0.158 e. The molecule has 14 heavy (non-hydrogen) atoms. The van der Waals surface area contributed by atoms with Gasteiger partial charge in [0.05, 0.1) is 0 Å². The molecule has 0 saturated heterocycles. The van der Waals surface area contributed by atoms with Crippen LogP contribution in [0.5, 0.6) is 0 Å². The van der Waals surface area contributed by atoms with Crippen molar-refractivity contribution in [3.8, 4) is 0 Å². The molecule has 0 aromatic heterocycles. The summed E-state index contributed by atoms with van der Waals surface area (Å²) in [4.78, 5) is 11.6. The summed E-state index contributed by atoms with van der Waals surface area (Å²) in [7, 11) is 0. The first-order valence-corrected chi connectivity index (χ1v) is 6.08. The molecule has 0 radical (unpaired) electrons. The summed E-state index contributed by atoms with van der Waals surface area (Å²) in [6.07, 6.45) is 14.2. The fourth-order valence-electron chi connectivity index (χ4n) is 2.44. The van der Waals surface area contributed by atoms with Gasteiger partial charge in [-0.05, 0) is 37.7 Å². The van der Waals surface area contributed by atoms with Crippen LogP contribution in [-0.4, -0.2) is 5.78 Å². The largest absolute Gasteiger partial charge is 0.295 e. The number of rotatable bonds is 0. The van der Waals surface area contributed by atoms with Crippen LogP contribution in [0, 0.1) is 11.8 Å². The minimum Gasteiger partial charge on any atom is -0.295 e. The van der Waals surface area contributed by atoms with Gasteiger partial charge in [-0.15, -0.1) is 0 Å². The summed E-state index contributed by atoms with van der Waals surface area (Å²) in [5.74, 6) is 1.55. The highest BCUT2D eigenvalue weighted by Gasteiger charge is 2.40. The fraction of sp³-hybridized carbons (Fsp3) is 0.769. The van der Waals surface area contributed by atoms with E-state index in [9.17, 15) is 4.79 Å². The van der Waals surface area contributed by atoms with Crippen molar-refractivity contribution in [3.05, 3.63) is 12.2 Å². The van der Waals surface area contributed by atoms with Gasteiger partial charge in [-0.2, -0.15) is 0 Å². The molecule has 1 heteroatoms. The molecule has 0 N–H and O–H groups in total. The van der Waals surface area contributed by atoms with Crippen molar-refractivity contribution in [2.45, 2.75) is 51.4 Å². The SMILES string of the molecule is O=C1/C=C/CCCCCCC[C@H]2C[C@H]12. The zero-order chi connectivity index (χ0) is 9.80. The van der Waals surface area contributed by atoms with Crippen LogP contribution in [0.25, 0.3) is 0 Å². The quantitative estimate of drug-likeness (QED) is 0.574. The minimum atomic E-state index is 0.399. The summed E-state index contributed by atoms with van der Waals surface area (Å²) in [5.41, 5.74) is 0. The van der Waals surface area contributed by atoms with E-state index in [1.807, 2.05) is 6.08 Å². The Kier molecular flexibility index (Phi) is 3.39. The molecule has 2 rings (SSSR count). The van der Waals surface area contributed by atoms with Gasteiger partial charge in [-0.1, -0.05) is 31.8 Å². The van der Waals surface area contributed by atoms with E-state index in [1.165, 1.54) is 44.9 Å². The highest BCUT2D eigenvalue weighted by molar-refractivity contribution is 5.93. The Hall–Kier alpha value is -0.590. The summed E-state index contributed by atoms with van der Waals surface area (Å²) in [6, 6.07) is 0. The average molecular weight is 192 g/mol. The molecule has 1 saturated carbocycles. The van der Waals surface area contributed by atoms with Gasteiger partial charge < -0.3 is 0 Å². The van der Waals surface area contributed by atoms with E-state index >= 15 is 0 Å². The Morgan fingerprint density at radius 2 is 1.86 bits per heavy atom. The molecule has 0 heterocycles. The molecule has 0 aromatic rings. The number of carbonyl (C=O) groups excluding carboxylic acids is 1. The van der Waals surface area contributed by atoms with Crippen molar-refractivity contribution in [2.75, 3.05) is 0 Å². The molecule has 1 nitrogen and oxygen atoms in total. The van der Waals surface area contributed by atoms with Gasteiger partial charge in [0, 0.05) is 5.92 Å². The summed E-state index contributed by atoms with van der Waals surface area (Å²) in [6.45, 7) is 0. The molecule has 2 atom stereocenters. The molecule has 1 fully saturated rings. The standard InChI is InChI=1S/C13H20O/c14-13-9-7-5-3-1-2-4-6-8-11-10-12(11)13/h7,9,11-12H,1-6,8,10H2/b9-7+/t11-,12-/m0/s1. The molecule has 0 aromatic carbocycles. The maximum atomic E-state index is 11.6. The third kappa shape index (κ3) is 2.70. The minimum absolute atomic E-state index is 0.399. The molecule has 0 spiro atoms. The van der Waals surface area contributed by atoms with Gasteiger partial charge in [-0.3, -0.25) is 4.79 Å². The Morgan fingerprint density at radius 1 is 1.07 bits per heavy atom. The lowest BCUT2D eigenvalue weighted by Gasteiger charge is -2.02. The number of hydrogen-bond acceptors (Lipinski definition) is 1. The van der Waals surface area contributed by atoms with E-state index in [1.54, 1.807) is 0 Å². The third-order valence-corrected chi connectivity index (χ3v) is 3.52. The molecule has 0 amide bonds. The van der Waals surface area contributed by atoms with Gasteiger partial charge >= 0.3 is 0 Å². The molecular formula is C13H20O. The van der Waals surface area contributed by atoms with E-state index in [4.69, 9.17) is 0 Å². The van der Waals surface area contributed by atoms with Crippen LogP contribution in [-0.2, 0) is 4.79 Å². The lowest BCUT2D eigenvalue weighted by Crippen LogP contribution is -1.98. The topological polar surface area (TPSA) is 17.1 Å². The summed E-state index contributed by atoms with van der Waals surface area (Å²) in [5, 5.41) is 0. The van der Waals surface area contributed by atoms with E-state index in [-0.39, 0.29) is 0 Å². The van der Waals surface area contributed by atoms with E-state index in [0.717, 1.165) is 12.3 Å². The number of ketones is 1. The van der Waals surface area contributed by atoms with E-state index < -0.39 is 0 Å². The van der Waals surface area contributed by atoms with Crippen molar-refractivity contribution < 1.29 is 4.79 Å². The number of fused-ring (bicyclic) bond motifs is 1. The lowest BCUT2D eigenvalue weighted by atomic mass is 10.0. The number of carbonyl (C=O) groups is 1. The predicted octanol–water partition coefficient (Wildman–Crippen LogP) is 3.49. The Balaban J connectivity index is 1.86. The van der Waals surface area contributed by atoms with Crippen molar-refractivity contribution in [1.82, 2.24) is 0 Å². The number of allylic oxidation sites excluding steroid dienone is 2. The van der Waals surface area contributed by atoms with Gasteiger partial charge in [-0.25, -0.2) is 0 Å². The van der Waals surface area contributed by atoms with Crippen LogP contribution in [0.3, 0.4) is 0 Å². The Labute approximate surface area is 86.6 Å². The average Bonchev–Trinajstić information content (AvgIpc) is 2.92. The molecule has 0 aliphatic heterocycles. The Morgan fingerprint density at radius 3 is 2.79 bits per heavy atom. The monoisotopic (exact) mass is 192 g/mol. The molecule has 2 aliphatic carbocycles.